The molecule has 0 radical (unpaired) electrons. The zero-order valence-corrected chi connectivity index (χ0v) is 8.04. The lowest BCUT2D eigenvalue weighted by molar-refractivity contribution is -0.119. The molecule has 1 aromatic rings. The molecule has 4 heteroatoms. The van der Waals surface area contributed by atoms with Crippen molar-refractivity contribution in [3.63, 3.8) is 0 Å². The lowest BCUT2D eigenvalue weighted by Crippen LogP contribution is -2.22. The summed E-state index contributed by atoms with van der Waals surface area (Å²) in [6.07, 6.45) is 3.52. The second-order valence-electron chi connectivity index (χ2n) is 2.95. The van der Waals surface area contributed by atoms with Crippen molar-refractivity contribution in [3.8, 4) is 0 Å². The third kappa shape index (κ3) is 1.67. The van der Waals surface area contributed by atoms with Crippen molar-refractivity contribution in [1.82, 2.24) is 10.3 Å². The third-order valence-electron chi connectivity index (χ3n) is 1.97. The fourth-order valence-corrected chi connectivity index (χ4v) is 2.32. The minimum absolute atomic E-state index is 0.0465. The number of aromatic nitrogens is 1. The van der Waals surface area contributed by atoms with E-state index in [0.717, 1.165) is 5.56 Å². The lowest BCUT2D eigenvalue weighted by atomic mass is 10.3. The van der Waals surface area contributed by atoms with E-state index < -0.39 is 0 Å². The average molecular weight is 194 g/mol. The van der Waals surface area contributed by atoms with Crippen molar-refractivity contribution in [1.29, 1.82) is 0 Å². The summed E-state index contributed by atoms with van der Waals surface area (Å²) < 4.78 is 0. The number of amides is 1. The standard InChI is InChI=1S/C9H10N2OS/c1-6-8(12)11-9(13-6)7-3-2-4-10-5-7/h2-6,9H,1H3,(H,11,12). The Kier molecular flexibility index (Phi) is 2.22. The number of hydrogen-bond acceptors (Lipinski definition) is 3. The lowest BCUT2D eigenvalue weighted by Gasteiger charge is -2.07. The maximum absolute atomic E-state index is 11.2. The number of hydrogen-bond donors (Lipinski definition) is 1. The van der Waals surface area contributed by atoms with Crippen LogP contribution in [0.3, 0.4) is 0 Å². The maximum Gasteiger partial charge on any atom is 0.234 e. The van der Waals surface area contributed by atoms with Gasteiger partial charge in [0.2, 0.25) is 5.91 Å². The highest BCUT2D eigenvalue weighted by Crippen LogP contribution is 2.34. The van der Waals surface area contributed by atoms with E-state index in [0.29, 0.717) is 0 Å². The Labute approximate surface area is 80.9 Å². The molecule has 2 heterocycles. The largest absolute Gasteiger partial charge is 0.339 e. The molecule has 0 aromatic carbocycles. The molecular weight excluding hydrogens is 184 g/mol. The molecule has 1 fully saturated rings. The van der Waals surface area contributed by atoms with Crippen LogP contribution in [0.15, 0.2) is 24.5 Å². The van der Waals surface area contributed by atoms with Crippen LogP contribution in [-0.2, 0) is 4.79 Å². The number of thioether (sulfide) groups is 1. The first-order valence-corrected chi connectivity index (χ1v) is 5.07. The van der Waals surface area contributed by atoms with Gasteiger partial charge in [0.1, 0.15) is 5.37 Å². The second kappa shape index (κ2) is 3.38. The minimum Gasteiger partial charge on any atom is -0.339 e. The smallest absolute Gasteiger partial charge is 0.234 e. The van der Waals surface area contributed by atoms with E-state index in [9.17, 15) is 4.79 Å². The number of nitrogens with zero attached hydrogens (tertiary/aromatic N) is 1. The molecule has 1 saturated heterocycles. The molecule has 1 aromatic heterocycles. The van der Waals surface area contributed by atoms with Crippen LogP contribution in [-0.4, -0.2) is 16.1 Å². The van der Waals surface area contributed by atoms with Crippen molar-refractivity contribution < 1.29 is 4.79 Å². The molecule has 13 heavy (non-hydrogen) atoms. The number of rotatable bonds is 1. The summed E-state index contributed by atoms with van der Waals surface area (Å²) >= 11 is 1.63. The number of pyridine rings is 1. The Morgan fingerprint density at radius 3 is 3.00 bits per heavy atom. The van der Waals surface area contributed by atoms with Crippen molar-refractivity contribution in [2.45, 2.75) is 17.5 Å². The predicted molar refractivity (Wildman–Crippen MR) is 52.2 cm³/mol. The SMILES string of the molecule is CC1SC(c2cccnc2)NC1=O. The van der Waals surface area contributed by atoms with Gasteiger partial charge < -0.3 is 5.32 Å². The Morgan fingerprint density at radius 2 is 2.46 bits per heavy atom. The maximum atomic E-state index is 11.2. The molecule has 0 saturated carbocycles. The molecule has 1 aliphatic rings. The molecule has 1 N–H and O–H groups in total. The van der Waals surface area contributed by atoms with Gasteiger partial charge in [-0.25, -0.2) is 0 Å². The minimum atomic E-state index is 0.0465. The number of nitrogens with one attached hydrogen (secondary N) is 1. The van der Waals surface area contributed by atoms with Gasteiger partial charge >= 0.3 is 0 Å². The highest BCUT2D eigenvalue weighted by Gasteiger charge is 2.29. The molecule has 0 spiro atoms. The van der Waals surface area contributed by atoms with E-state index in [1.807, 2.05) is 19.1 Å². The van der Waals surface area contributed by atoms with Crippen LogP contribution in [0.2, 0.25) is 0 Å². The average Bonchev–Trinajstić information content (AvgIpc) is 2.49. The summed E-state index contributed by atoms with van der Waals surface area (Å²) in [7, 11) is 0. The highest BCUT2D eigenvalue weighted by molar-refractivity contribution is 8.01. The number of carbonyl (C=O) groups excluding carboxylic acids is 1. The molecule has 1 amide bonds. The first kappa shape index (κ1) is 8.56. The van der Waals surface area contributed by atoms with Gasteiger partial charge in [-0.3, -0.25) is 9.78 Å². The van der Waals surface area contributed by atoms with Gasteiger partial charge in [-0.15, -0.1) is 11.8 Å². The fourth-order valence-electron chi connectivity index (χ4n) is 1.24. The molecule has 68 valence electrons. The summed E-state index contributed by atoms with van der Waals surface area (Å²) in [4.78, 5) is 15.2. The molecule has 0 aliphatic carbocycles. The van der Waals surface area contributed by atoms with E-state index >= 15 is 0 Å². The second-order valence-corrected chi connectivity index (χ2v) is 4.40. The highest BCUT2D eigenvalue weighted by atomic mass is 32.2. The summed E-state index contributed by atoms with van der Waals surface area (Å²) in [5.74, 6) is 0.110. The fraction of sp³-hybridized carbons (Fsp3) is 0.333. The van der Waals surface area contributed by atoms with Crippen molar-refractivity contribution >= 4 is 17.7 Å². The molecule has 2 atom stereocenters. The molecular formula is C9H10N2OS. The van der Waals surface area contributed by atoms with Crippen LogP contribution in [0, 0.1) is 0 Å². The summed E-state index contributed by atoms with van der Waals surface area (Å²) in [5.41, 5.74) is 1.06. The first-order valence-electron chi connectivity index (χ1n) is 4.13. The predicted octanol–water partition coefficient (Wildman–Crippen LogP) is 1.33. The van der Waals surface area contributed by atoms with Gasteiger partial charge in [0, 0.05) is 18.0 Å². The van der Waals surface area contributed by atoms with E-state index in [-0.39, 0.29) is 16.5 Å². The van der Waals surface area contributed by atoms with Crippen LogP contribution in [0.5, 0.6) is 0 Å². The van der Waals surface area contributed by atoms with Gasteiger partial charge in [-0.1, -0.05) is 6.07 Å². The van der Waals surface area contributed by atoms with Gasteiger partial charge in [0.15, 0.2) is 0 Å². The quantitative estimate of drug-likeness (QED) is 0.733. The zero-order valence-electron chi connectivity index (χ0n) is 7.23. The van der Waals surface area contributed by atoms with Gasteiger partial charge in [-0.05, 0) is 13.0 Å². The van der Waals surface area contributed by atoms with Crippen LogP contribution in [0.1, 0.15) is 17.9 Å². The molecule has 0 bridgehead atoms. The van der Waals surface area contributed by atoms with Crippen LogP contribution >= 0.6 is 11.8 Å². The van der Waals surface area contributed by atoms with Gasteiger partial charge in [-0.2, -0.15) is 0 Å². The molecule has 1 aliphatic heterocycles. The van der Waals surface area contributed by atoms with E-state index in [4.69, 9.17) is 0 Å². The third-order valence-corrected chi connectivity index (χ3v) is 3.25. The van der Waals surface area contributed by atoms with E-state index in [1.165, 1.54) is 0 Å². The Balaban J connectivity index is 2.17. The first-order chi connectivity index (χ1) is 6.27. The Morgan fingerprint density at radius 1 is 1.62 bits per heavy atom. The van der Waals surface area contributed by atoms with Crippen LogP contribution < -0.4 is 5.32 Å². The topological polar surface area (TPSA) is 42.0 Å². The van der Waals surface area contributed by atoms with Crippen molar-refractivity contribution in [2.24, 2.45) is 0 Å². The normalized spacial score (nSPS) is 27.3. The monoisotopic (exact) mass is 194 g/mol. The van der Waals surface area contributed by atoms with Gasteiger partial charge in [0.25, 0.3) is 0 Å². The van der Waals surface area contributed by atoms with Gasteiger partial charge in [0.05, 0.1) is 5.25 Å². The Bertz CT molecular complexity index is 315. The summed E-state index contributed by atoms with van der Waals surface area (Å²) in [5, 5.41) is 3.03. The molecule has 2 rings (SSSR count). The molecule has 2 unspecified atom stereocenters. The van der Waals surface area contributed by atoms with Crippen LogP contribution in [0.25, 0.3) is 0 Å². The molecule has 3 nitrogen and oxygen atoms in total. The van der Waals surface area contributed by atoms with Crippen molar-refractivity contribution in [2.75, 3.05) is 0 Å². The number of carbonyl (C=O) groups is 1. The van der Waals surface area contributed by atoms with Crippen LogP contribution in [0.4, 0.5) is 0 Å². The Hall–Kier alpha value is -1.03. The van der Waals surface area contributed by atoms with Crippen molar-refractivity contribution in [3.05, 3.63) is 30.1 Å². The summed E-state index contributed by atoms with van der Waals surface area (Å²) in [6.45, 7) is 1.91. The van der Waals surface area contributed by atoms with E-state index in [1.54, 1.807) is 24.2 Å². The van der Waals surface area contributed by atoms with E-state index in [2.05, 4.69) is 10.3 Å². The summed E-state index contributed by atoms with van der Waals surface area (Å²) in [6, 6.07) is 3.86. The zero-order chi connectivity index (χ0) is 9.26.